The highest BCUT2D eigenvalue weighted by molar-refractivity contribution is 7.16. The Labute approximate surface area is 213 Å². The number of carbonyl (C=O) groups excluding carboxylic acids is 2. The molecule has 2 aromatic rings. The predicted molar refractivity (Wildman–Crippen MR) is 143 cm³/mol. The molecule has 4 rings (SSSR count). The smallest absolute Gasteiger partial charge is 0.303 e. The van der Waals surface area contributed by atoms with Crippen molar-refractivity contribution in [1.29, 1.82) is 0 Å². The summed E-state index contributed by atoms with van der Waals surface area (Å²) in [6.45, 7) is 6.01. The second kappa shape index (κ2) is 11.8. The molecule has 2 fully saturated rings. The fraction of sp³-hybridized carbons (Fsp3) is 0.679. The van der Waals surface area contributed by atoms with Gasteiger partial charge in [-0.1, -0.05) is 43.6 Å². The van der Waals surface area contributed by atoms with E-state index in [-0.39, 0.29) is 22.1 Å². The number of imide groups is 1. The van der Waals surface area contributed by atoms with Crippen molar-refractivity contribution in [2.75, 3.05) is 26.2 Å². The van der Waals surface area contributed by atoms with Crippen LogP contribution in [0.5, 0.6) is 0 Å². The number of benzene rings is 1. The van der Waals surface area contributed by atoms with Gasteiger partial charge in [-0.3, -0.25) is 19.3 Å². The molecule has 1 aromatic carbocycles. The van der Waals surface area contributed by atoms with E-state index in [1.807, 2.05) is 7.05 Å². The number of hydrogen-bond acceptors (Lipinski definition) is 5. The maximum atomic E-state index is 13.0. The highest BCUT2D eigenvalue weighted by Gasteiger charge is 2.51. The number of likely N-dealkylation sites (tertiary alicyclic amines) is 1. The van der Waals surface area contributed by atoms with E-state index in [1.54, 1.807) is 9.47 Å². The maximum absolute atomic E-state index is 13.0. The lowest BCUT2D eigenvalue weighted by atomic mass is 9.73. The molecule has 1 spiro atoms. The van der Waals surface area contributed by atoms with Gasteiger partial charge in [0, 0.05) is 20.0 Å². The van der Waals surface area contributed by atoms with Gasteiger partial charge in [0.05, 0.1) is 15.6 Å². The van der Waals surface area contributed by atoms with Crippen LogP contribution in [0.2, 0.25) is 0 Å². The number of rotatable bonds is 12. The van der Waals surface area contributed by atoms with Crippen LogP contribution in [0.4, 0.5) is 0 Å². The number of aromatic nitrogens is 1. The Morgan fingerprint density at radius 2 is 1.71 bits per heavy atom. The molecule has 0 N–H and O–H groups in total. The average Bonchev–Trinajstić information content (AvgIpc) is 3.25. The zero-order valence-electron chi connectivity index (χ0n) is 21.5. The molecule has 1 aliphatic carbocycles. The van der Waals surface area contributed by atoms with Crippen molar-refractivity contribution >= 4 is 33.4 Å². The molecule has 0 radical (unpaired) electrons. The Kier molecular flexibility index (Phi) is 8.82. The van der Waals surface area contributed by atoms with Gasteiger partial charge in [0.1, 0.15) is 0 Å². The molecule has 1 aliphatic heterocycles. The lowest BCUT2D eigenvalue weighted by Crippen LogP contribution is -2.37. The first-order chi connectivity index (χ1) is 16.9. The number of aryl methyl sites for hydroxylation is 2. The van der Waals surface area contributed by atoms with Gasteiger partial charge in [0.25, 0.3) is 0 Å². The number of amides is 2. The zero-order valence-corrected chi connectivity index (χ0v) is 22.3. The van der Waals surface area contributed by atoms with Crippen LogP contribution >= 0.6 is 11.3 Å². The maximum Gasteiger partial charge on any atom is 0.307 e. The van der Waals surface area contributed by atoms with E-state index in [4.69, 9.17) is 0 Å². The SMILES string of the molecule is CCCN(CCCCc1ccc2c(c1)sc(=O)n2C)CCCCN1C(=O)CC2(CCCCC2)C1=O. The molecule has 1 saturated carbocycles. The fourth-order valence-electron chi connectivity index (χ4n) is 5.96. The Morgan fingerprint density at radius 3 is 2.46 bits per heavy atom. The van der Waals surface area contributed by atoms with Crippen LogP contribution in [0.1, 0.15) is 83.1 Å². The van der Waals surface area contributed by atoms with E-state index in [0.717, 1.165) is 94.1 Å². The summed E-state index contributed by atoms with van der Waals surface area (Å²) in [5.41, 5.74) is 1.97. The summed E-state index contributed by atoms with van der Waals surface area (Å²) in [5, 5.41) is 0. The van der Waals surface area contributed by atoms with Crippen LogP contribution in [0.15, 0.2) is 23.0 Å². The van der Waals surface area contributed by atoms with E-state index in [2.05, 4.69) is 30.0 Å². The third-order valence-electron chi connectivity index (χ3n) is 7.99. The van der Waals surface area contributed by atoms with Crippen molar-refractivity contribution in [2.24, 2.45) is 12.5 Å². The minimum absolute atomic E-state index is 0.0586. The van der Waals surface area contributed by atoms with Gasteiger partial charge >= 0.3 is 4.87 Å². The predicted octanol–water partition coefficient (Wildman–Crippen LogP) is 5.12. The van der Waals surface area contributed by atoms with E-state index < -0.39 is 0 Å². The normalized spacial score (nSPS) is 18.0. The summed E-state index contributed by atoms with van der Waals surface area (Å²) < 4.78 is 2.79. The first kappa shape index (κ1) is 26.1. The molecule has 0 unspecified atom stereocenters. The summed E-state index contributed by atoms with van der Waals surface area (Å²) in [4.78, 5) is 41.6. The van der Waals surface area contributed by atoms with Gasteiger partial charge in [0.2, 0.25) is 11.8 Å². The van der Waals surface area contributed by atoms with Crippen LogP contribution in [0.25, 0.3) is 10.2 Å². The van der Waals surface area contributed by atoms with Crippen LogP contribution in [-0.4, -0.2) is 52.4 Å². The van der Waals surface area contributed by atoms with E-state index >= 15 is 0 Å². The van der Waals surface area contributed by atoms with Gasteiger partial charge in [-0.05, 0) is 88.7 Å². The summed E-state index contributed by atoms with van der Waals surface area (Å²) in [6.07, 6.45) is 12.0. The first-order valence-corrected chi connectivity index (χ1v) is 14.4. The lowest BCUT2D eigenvalue weighted by molar-refractivity contribution is -0.142. The molecule has 0 atom stereocenters. The number of unbranched alkanes of at least 4 members (excludes halogenated alkanes) is 2. The highest BCUT2D eigenvalue weighted by atomic mass is 32.1. The molecule has 0 bridgehead atoms. The van der Waals surface area contributed by atoms with Crippen LogP contribution in [-0.2, 0) is 23.1 Å². The minimum atomic E-state index is -0.355. The van der Waals surface area contributed by atoms with Gasteiger partial charge < -0.3 is 9.47 Å². The largest absolute Gasteiger partial charge is 0.307 e. The standard InChI is InChI=1S/C28H41N3O3S/c1-3-16-30(17-8-5-11-22-12-13-23-24(20-22)35-27(34)29(23)2)18-9-10-19-31-25(32)21-28(26(31)33)14-6-4-7-15-28/h12-13,20H,3-11,14-19,21H2,1-2H3. The molecule has 7 heteroatoms. The van der Waals surface area contributed by atoms with Crippen LogP contribution in [0.3, 0.4) is 0 Å². The number of carbonyl (C=O) groups is 2. The Bertz CT molecular complexity index is 1080. The second-order valence-electron chi connectivity index (χ2n) is 10.6. The minimum Gasteiger partial charge on any atom is -0.303 e. The van der Waals surface area contributed by atoms with Gasteiger partial charge in [-0.2, -0.15) is 0 Å². The Morgan fingerprint density at radius 1 is 0.971 bits per heavy atom. The lowest BCUT2D eigenvalue weighted by Gasteiger charge is -2.30. The quantitative estimate of drug-likeness (QED) is 0.300. The van der Waals surface area contributed by atoms with Gasteiger partial charge in [0.15, 0.2) is 0 Å². The van der Waals surface area contributed by atoms with Crippen molar-refractivity contribution in [3.63, 3.8) is 0 Å². The van der Waals surface area contributed by atoms with Crippen LogP contribution < -0.4 is 4.87 Å². The monoisotopic (exact) mass is 499 g/mol. The Balaban J connectivity index is 1.17. The molecule has 6 nitrogen and oxygen atoms in total. The molecule has 35 heavy (non-hydrogen) atoms. The molecule has 192 valence electrons. The van der Waals surface area contributed by atoms with Gasteiger partial charge in [-0.15, -0.1) is 0 Å². The van der Waals surface area contributed by atoms with Crippen molar-refractivity contribution in [1.82, 2.24) is 14.4 Å². The average molecular weight is 500 g/mol. The molecule has 2 amide bonds. The first-order valence-electron chi connectivity index (χ1n) is 13.6. The van der Waals surface area contributed by atoms with Crippen molar-refractivity contribution in [2.45, 2.75) is 84.0 Å². The number of hydrogen-bond donors (Lipinski definition) is 0. The molecular formula is C28H41N3O3S. The third kappa shape index (κ3) is 6.05. The molecular weight excluding hydrogens is 458 g/mol. The molecule has 1 aromatic heterocycles. The molecule has 2 heterocycles. The number of nitrogens with zero attached hydrogens (tertiary/aromatic N) is 3. The van der Waals surface area contributed by atoms with Crippen molar-refractivity contribution in [3.8, 4) is 0 Å². The topological polar surface area (TPSA) is 62.6 Å². The summed E-state index contributed by atoms with van der Waals surface area (Å²) in [7, 11) is 1.83. The highest BCUT2D eigenvalue weighted by Crippen LogP contribution is 2.45. The molecule has 1 saturated heterocycles. The summed E-state index contributed by atoms with van der Waals surface area (Å²) in [6, 6.07) is 6.39. The van der Waals surface area contributed by atoms with Crippen molar-refractivity contribution in [3.05, 3.63) is 33.4 Å². The Hall–Kier alpha value is -1.99. The third-order valence-corrected chi connectivity index (χ3v) is 8.99. The van der Waals surface area contributed by atoms with Crippen molar-refractivity contribution < 1.29 is 9.59 Å². The second-order valence-corrected chi connectivity index (χ2v) is 11.6. The fourth-order valence-corrected chi connectivity index (χ4v) is 6.90. The summed E-state index contributed by atoms with van der Waals surface area (Å²) in [5.74, 6) is 0.178. The zero-order chi connectivity index (χ0) is 24.8. The summed E-state index contributed by atoms with van der Waals surface area (Å²) >= 11 is 1.32. The van der Waals surface area contributed by atoms with E-state index in [1.165, 1.54) is 23.3 Å². The molecule has 2 aliphatic rings. The van der Waals surface area contributed by atoms with E-state index in [9.17, 15) is 14.4 Å². The number of thiazole rings is 1. The van der Waals surface area contributed by atoms with E-state index in [0.29, 0.717) is 13.0 Å². The van der Waals surface area contributed by atoms with Crippen LogP contribution in [0, 0.1) is 5.41 Å². The van der Waals surface area contributed by atoms with Gasteiger partial charge in [-0.25, -0.2) is 0 Å². The number of fused-ring (bicyclic) bond motifs is 1.